The topological polar surface area (TPSA) is 51.8 Å². The van der Waals surface area contributed by atoms with Crippen LogP contribution in [0.15, 0.2) is 156 Å². The van der Waals surface area contributed by atoms with Gasteiger partial charge in [0.05, 0.1) is 0 Å². The van der Waals surface area contributed by atoms with Crippen molar-refractivity contribution in [1.29, 1.82) is 0 Å². The Kier molecular flexibility index (Phi) is 5.78. The highest BCUT2D eigenvalue weighted by Gasteiger charge is 2.18. The molecule has 0 aliphatic rings. The standard InChI is InChI=1S/C41H25N3O/c1-3-12-26(13-4-1)34-24-28-16-7-8-17-30(28)31-23-22-29(25-35(31)34)40-42-39(27-14-5-2-6-15-27)43-41(44-40)33-19-11-21-37-38(33)32-18-9-10-20-36(32)45-37/h1-25H. The van der Waals surface area contributed by atoms with Gasteiger partial charge in [-0.3, -0.25) is 0 Å². The van der Waals surface area contributed by atoms with Crippen LogP contribution in [0, 0.1) is 0 Å². The van der Waals surface area contributed by atoms with Crippen molar-refractivity contribution in [1.82, 2.24) is 15.0 Å². The number of furan rings is 1. The van der Waals surface area contributed by atoms with Gasteiger partial charge >= 0.3 is 0 Å². The molecule has 9 aromatic rings. The average Bonchev–Trinajstić information content (AvgIpc) is 3.51. The van der Waals surface area contributed by atoms with Crippen LogP contribution in [0.4, 0.5) is 0 Å². The number of hydrogen-bond acceptors (Lipinski definition) is 4. The zero-order valence-corrected chi connectivity index (χ0v) is 24.2. The SMILES string of the molecule is c1ccc(-c2nc(-c3ccc4c(c3)c(-c3ccccc3)cc3ccccc34)nc(-c3cccc4oc5ccccc5c34)n2)cc1. The molecule has 0 fully saturated rings. The zero-order chi connectivity index (χ0) is 29.7. The van der Waals surface area contributed by atoms with Crippen LogP contribution in [0.3, 0.4) is 0 Å². The minimum atomic E-state index is 0.609. The summed E-state index contributed by atoms with van der Waals surface area (Å²) in [5, 5.41) is 6.83. The van der Waals surface area contributed by atoms with Crippen molar-refractivity contribution in [3.63, 3.8) is 0 Å². The lowest BCUT2D eigenvalue weighted by Crippen LogP contribution is -2.00. The largest absolute Gasteiger partial charge is 0.456 e. The highest BCUT2D eigenvalue weighted by molar-refractivity contribution is 6.15. The van der Waals surface area contributed by atoms with E-state index in [4.69, 9.17) is 19.4 Å². The first-order chi connectivity index (χ1) is 22.3. The van der Waals surface area contributed by atoms with Crippen LogP contribution in [-0.2, 0) is 0 Å². The van der Waals surface area contributed by atoms with Gasteiger partial charge in [-0.1, -0.05) is 127 Å². The molecule has 210 valence electrons. The minimum absolute atomic E-state index is 0.609. The number of aromatic nitrogens is 3. The molecule has 0 spiro atoms. The van der Waals surface area contributed by atoms with E-state index in [0.29, 0.717) is 17.5 Å². The molecule has 4 nitrogen and oxygen atoms in total. The minimum Gasteiger partial charge on any atom is -0.456 e. The third-order valence-corrected chi connectivity index (χ3v) is 8.51. The molecule has 0 aliphatic carbocycles. The van der Waals surface area contributed by atoms with Crippen LogP contribution in [0.1, 0.15) is 0 Å². The second kappa shape index (κ2) is 10.2. The Morgan fingerprint density at radius 3 is 1.82 bits per heavy atom. The summed E-state index contributed by atoms with van der Waals surface area (Å²) in [4.78, 5) is 15.2. The summed E-state index contributed by atoms with van der Waals surface area (Å²) in [5.74, 6) is 1.86. The molecule has 2 heterocycles. The van der Waals surface area contributed by atoms with E-state index >= 15 is 0 Å². The highest BCUT2D eigenvalue weighted by Crippen LogP contribution is 2.39. The quantitative estimate of drug-likeness (QED) is 0.196. The number of hydrogen-bond donors (Lipinski definition) is 0. The summed E-state index contributed by atoms with van der Waals surface area (Å²) < 4.78 is 6.21. The molecule has 9 rings (SSSR count). The van der Waals surface area contributed by atoms with Crippen LogP contribution in [-0.4, -0.2) is 15.0 Å². The van der Waals surface area contributed by atoms with Crippen LogP contribution < -0.4 is 0 Å². The fourth-order valence-electron chi connectivity index (χ4n) is 6.40. The Labute approximate surface area is 259 Å². The van der Waals surface area contributed by atoms with Crippen molar-refractivity contribution in [3.8, 4) is 45.3 Å². The fraction of sp³-hybridized carbons (Fsp3) is 0. The predicted octanol–water partition coefficient (Wildman–Crippen LogP) is 10.7. The third kappa shape index (κ3) is 4.27. The molecular weight excluding hydrogens is 550 g/mol. The lowest BCUT2D eigenvalue weighted by molar-refractivity contribution is 0.669. The first kappa shape index (κ1) is 25.4. The molecule has 0 bridgehead atoms. The van der Waals surface area contributed by atoms with Crippen molar-refractivity contribution in [3.05, 3.63) is 152 Å². The molecule has 0 saturated carbocycles. The first-order valence-electron chi connectivity index (χ1n) is 15.0. The first-order valence-corrected chi connectivity index (χ1v) is 15.0. The molecule has 0 unspecified atom stereocenters. The summed E-state index contributed by atoms with van der Waals surface area (Å²) in [5.41, 5.74) is 6.77. The van der Waals surface area contributed by atoms with Crippen LogP contribution in [0.25, 0.3) is 88.8 Å². The zero-order valence-electron chi connectivity index (χ0n) is 24.2. The second-order valence-electron chi connectivity index (χ2n) is 11.2. The Hall–Kier alpha value is -6.13. The summed E-state index contributed by atoms with van der Waals surface area (Å²) >= 11 is 0. The molecule has 0 N–H and O–H groups in total. The van der Waals surface area contributed by atoms with Gasteiger partial charge in [-0.25, -0.2) is 15.0 Å². The average molecular weight is 576 g/mol. The second-order valence-corrected chi connectivity index (χ2v) is 11.2. The predicted molar refractivity (Wildman–Crippen MR) is 184 cm³/mol. The lowest BCUT2D eigenvalue weighted by Gasteiger charge is -2.13. The van der Waals surface area contributed by atoms with Crippen LogP contribution in [0.2, 0.25) is 0 Å². The van der Waals surface area contributed by atoms with E-state index < -0.39 is 0 Å². The van der Waals surface area contributed by atoms with Crippen molar-refractivity contribution in [2.24, 2.45) is 0 Å². The number of para-hydroxylation sites is 1. The van der Waals surface area contributed by atoms with E-state index in [9.17, 15) is 0 Å². The van der Waals surface area contributed by atoms with Crippen molar-refractivity contribution in [2.45, 2.75) is 0 Å². The number of rotatable bonds is 4. The number of benzene rings is 7. The maximum Gasteiger partial charge on any atom is 0.164 e. The molecule has 0 amide bonds. The summed E-state index contributed by atoms with van der Waals surface area (Å²) in [7, 11) is 0. The number of nitrogens with zero attached hydrogens (tertiary/aromatic N) is 3. The Morgan fingerprint density at radius 2 is 1.00 bits per heavy atom. The third-order valence-electron chi connectivity index (χ3n) is 8.51. The normalized spacial score (nSPS) is 11.6. The van der Waals surface area contributed by atoms with Gasteiger partial charge in [0, 0.05) is 27.5 Å². The molecule has 7 aromatic carbocycles. The molecule has 0 aliphatic heterocycles. The van der Waals surface area contributed by atoms with E-state index in [2.05, 4.69) is 91.0 Å². The lowest BCUT2D eigenvalue weighted by atomic mass is 9.92. The van der Waals surface area contributed by atoms with Crippen molar-refractivity contribution in [2.75, 3.05) is 0 Å². The highest BCUT2D eigenvalue weighted by atomic mass is 16.3. The molecule has 0 radical (unpaired) electrons. The van der Waals surface area contributed by atoms with E-state index in [1.165, 1.54) is 27.3 Å². The fourth-order valence-corrected chi connectivity index (χ4v) is 6.40. The van der Waals surface area contributed by atoms with Gasteiger partial charge < -0.3 is 4.42 Å². The van der Waals surface area contributed by atoms with E-state index in [1.54, 1.807) is 0 Å². The van der Waals surface area contributed by atoms with E-state index in [0.717, 1.165) is 44.0 Å². The van der Waals surface area contributed by atoms with Crippen molar-refractivity contribution < 1.29 is 4.42 Å². The molecule has 0 atom stereocenters. The van der Waals surface area contributed by atoms with Gasteiger partial charge in [0.2, 0.25) is 0 Å². The monoisotopic (exact) mass is 575 g/mol. The molecule has 45 heavy (non-hydrogen) atoms. The van der Waals surface area contributed by atoms with Gasteiger partial charge in [0.25, 0.3) is 0 Å². The van der Waals surface area contributed by atoms with Gasteiger partial charge in [-0.05, 0) is 56.9 Å². The number of fused-ring (bicyclic) bond motifs is 6. The molecule has 2 aromatic heterocycles. The summed E-state index contributed by atoms with van der Waals surface area (Å²) in [6, 6.07) is 52.3. The smallest absolute Gasteiger partial charge is 0.164 e. The Balaban J connectivity index is 1.32. The maximum absolute atomic E-state index is 6.21. The Morgan fingerprint density at radius 1 is 0.356 bits per heavy atom. The van der Waals surface area contributed by atoms with E-state index in [-0.39, 0.29) is 0 Å². The summed E-state index contributed by atoms with van der Waals surface area (Å²) in [6.45, 7) is 0. The molecule has 4 heteroatoms. The van der Waals surface area contributed by atoms with Crippen molar-refractivity contribution >= 4 is 43.5 Å². The maximum atomic E-state index is 6.21. The molecule has 0 saturated heterocycles. The van der Waals surface area contributed by atoms with E-state index in [1.807, 2.05) is 60.7 Å². The summed E-state index contributed by atoms with van der Waals surface area (Å²) in [6.07, 6.45) is 0. The van der Waals surface area contributed by atoms with Crippen LogP contribution >= 0.6 is 0 Å². The van der Waals surface area contributed by atoms with Gasteiger partial charge in [-0.2, -0.15) is 0 Å². The Bertz CT molecular complexity index is 2540. The van der Waals surface area contributed by atoms with Gasteiger partial charge in [0.15, 0.2) is 17.5 Å². The van der Waals surface area contributed by atoms with Gasteiger partial charge in [0.1, 0.15) is 11.2 Å². The molecular formula is C41H25N3O. The van der Waals surface area contributed by atoms with Gasteiger partial charge in [-0.15, -0.1) is 0 Å². The van der Waals surface area contributed by atoms with Crippen LogP contribution in [0.5, 0.6) is 0 Å².